The number of hydrogen-bond acceptors (Lipinski definition) is 4. The van der Waals surface area contributed by atoms with Crippen molar-refractivity contribution < 1.29 is 5.11 Å². The lowest BCUT2D eigenvalue weighted by molar-refractivity contribution is 0.0363. The number of fused-ring (bicyclic) bond motifs is 1. The average molecular weight is 285 g/mol. The molecule has 0 aliphatic carbocycles. The van der Waals surface area contributed by atoms with Gasteiger partial charge < -0.3 is 9.67 Å². The molecule has 0 bridgehead atoms. The highest BCUT2D eigenvalue weighted by Gasteiger charge is 2.33. The summed E-state index contributed by atoms with van der Waals surface area (Å²) in [5.41, 5.74) is 2.02. The van der Waals surface area contributed by atoms with Crippen molar-refractivity contribution in [2.24, 2.45) is 0 Å². The molecule has 1 saturated heterocycles. The van der Waals surface area contributed by atoms with Gasteiger partial charge in [0.2, 0.25) is 0 Å². The molecule has 1 aliphatic rings. The summed E-state index contributed by atoms with van der Waals surface area (Å²) >= 11 is 0. The van der Waals surface area contributed by atoms with Gasteiger partial charge in [0.25, 0.3) is 5.56 Å². The minimum Gasteiger partial charge on any atom is -0.378 e. The number of para-hydroxylation sites is 2. The predicted octanol–water partition coefficient (Wildman–Crippen LogP) is 1.67. The first kappa shape index (κ1) is 14.0. The molecule has 0 saturated carbocycles. The van der Waals surface area contributed by atoms with E-state index in [1.165, 1.54) is 0 Å². The van der Waals surface area contributed by atoms with Gasteiger partial charge in [-0.05, 0) is 32.0 Å². The average Bonchev–Trinajstić information content (AvgIpc) is 2.82. The fraction of sp³-hybridized carbons (Fsp3) is 0.375. The summed E-state index contributed by atoms with van der Waals surface area (Å²) in [6.07, 6.45) is 2.61. The van der Waals surface area contributed by atoms with Crippen LogP contribution in [0.4, 0.5) is 0 Å². The van der Waals surface area contributed by atoms with Crippen LogP contribution in [0.25, 0.3) is 11.0 Å². The monoisotopic (exact) mass is 285 g/mol. The van der Waals surface area contributed by atoms with Crippen molar-refractivity contribution in [1.29, 1.82) is 0 Å². The molecular weight excluding hydrogens is 266 g/mol. The van der Waals surface area contributed by atoms with Gasteiger partial charge in [-0.2, -0.15) is 0 Å². The van der Waals surface area contributed by atoms with Crippen LogP contribution in [0.2, 0.25) is 0 Å². The molecule has 2 atom stereocenters. The van der Waals surface area contributed by atoms with E-state index in [0.717, 1.165) is 17.5 Å². The molecule has 1 aromatic carbocycles. The molecule has 1 aliphatic heterocycles. The smallest absolute Gasteiger partial charge is 0.274 e. The lowest BCUT2D eigenvalue weighted by Crippen LogP contribution is -2.34. The van der Waals surface area contributed by atoms with Crippen molar-refractivity contribution in [3.8, 4) is 0 Å². The molecule has 1 aromatic heterocycles. The van der Waals surface area contributed by atoms with Crippen molar-refractivity contribution in [1.82, 2.24) is 14.5 Å². The number of aliphatic hydroxyl groups is 1. The second-order valence-corrected chi connectivity index (χ2v) is 5.43. The highest BCUT2D eigenvalue weighted by molar-refractivity contribution is 5.74. The minimum absolute atomic E-state index is 0.0976. The number of allylic oxidation sites excluding steroid dienone is 1. The SMILES string of the molecule is C=CCn1c(=O)c(C2CCC(O)N2C)nc2ccccc21. The van der Waals surface area contributed by atoms with Crippen LogP contribution in [0.3, 0.4) is 0 Å². The van der Waals surface area contributed by atoms with Crippen LogP contribution in [0, 0.1) is 0 Å². The number of likely N-dealkylation sites (tertiary alicyclic amines) is 1. The van der Waals surface area contributed by atoms with Gasteiger partial charge in [0.15, 0.2) is 0 Å². The van der Waals surface area contributed by atoms with E-state index in [0.29, 0.717) is 18.7 Å². The summed E-state index contributed by atoms with van der Waals surface area (Å²) in [5.74, 6) is 0. The second-order valence-electron chi connectivity index (χ2n) is 5.43. The zero-order valence-corrected chi connectivity index (χ0v) is 12.1. The second kappa shape index (κ2) is 5.42. The molecular formula is C16H19N3O2. The normalized spacial score (nSPS) is 22.8. The van der Waals surface area contributed by atoms with Gasteiger partial charge in [-0.1, -0.05) is 18.2 Å². The Balaban J connectivity index is 2.22. The lowest BCUT2D eigenvalue weighted by Gasteiger charge is -2.22. The number of hydrogen-bond donors (Lipinski definition) is 1. The van der Waals surface area contributed by atoms with E-state index >= 15 is 0 Å². The Hall–Kier alpha value is -1.98. The number of nitrogens with zero attached hydrogens (tertiary/aromatic N) is 3. The molecule has 110 valence electrons. The van der Waals surface area contributed by atoms with E-state index in [1.807, 2.05) is 36.2 Å². The Morgan fingerprint density at radius 3 is 2.86 bits per heavy atom. The molecule has 5 heteroatoms. The molecule has 0 radical (unpaired) electrons. The van der Waals surface area contributed by atoms with Crippen molar-refractivity contribution in [3.63, 3.8) is 0 Å². The van der Waals surface area contributed by atoms with E-state index in [4.69, 9.17) is 0 Å². The highest BCUT2D eigenvalue weighted by atomic mass is 16.3. The maximum absolute atomic E-state index is 12.8. The summed E-state index contributed by atoms with van der Waals surface area (Å²) in [6, 6.07) is 7.48. The first-order valence-electron chi connectivity index (χ1n) is 7.14. The van der Waals surface area contributed by atoms with E-state index in [-0.39, 0.29) is 11.6 Å². The molecule has 0 amide bonds. The van der Waals surface area contributed by atoms with Crippen LogP contribution in [-0.2, 0) is 6.54 Å². The van der Waals surface area contributed by atoms with E-state index < -0.39 is 6.23 Å². The van der Waals surface area contributed by atoms with Crippen molar-refractivity contribution in [2.45, 2.75) is 31.7 Å². The quantitative estimate of drug-likeness (QED) is 0.872. The Bertz CT molecular complexity index is 738. The Morgan fingerprint density at radius 2 is 2.19 bits per heavy atom. The number of aromatic nitrogens is 2. The van der Waals surface area contributed by atoms with E-state index in [1.54, 1.807) is 10.6 Å². The van der Waals surface area contributed by atoms with Crippen LogP contribution < -0.4 is 5.56 Å². The van der Waals surface area contributed by atoms with Gasteiger partial charge >= 0.3 is 0 Å². The van der Waals surface area contributed by atoms with Crippen LogP contribution in [0.1, 0.15) is 24.6 Å². The van der Waals surface area contributed by atoms with Crippen LogP contribution in [-0.4, -0.2) is 32.8 Å². The van der Waals surface area contributed by atoms with Gasteiger partial charge in [-0.25, -0.2) is 4.98 Å². The van der Waals surface area contributed by atoms with Gasteiger partial charge in [-0.15, -0.1) is 6.58 Å². The molecule has 5 nitrogen and oxygen atoms in total. The Morgan fingerprint density at radius 1 is 1.43 bits per heavy atom. The van der Waals surface area contributed by atoms with E-state index in [2.05, 4.69) is 11.6 Å². The third kappa shape index (κ3) is 2.28. The predicted molar refractivity (Wildman–Crippen MR) is 81.9 cm³/mol. The molecule has 1 N–H and O–H groups in total. The summed E-state index contributed by atoms with van der Waals surface area (Å²) in [7, 11) is 1.83. The maximum atomic E-state index is 12.8. The zero-order valence-electron chi connectivity index (χ0n) is 12.1. The van der Waals surface area contributed by atoms with Crippen LogP contribution in [0.15, 0.2) is 41.7 Å². The third-order valence-electron chi connectivity index (χ3n) is 4.17. The number of rotatable bonds is 3. The molecule has 2 aromatic rings. The largest absolute Gasteiger partial charge is 0.378 e. The topological polar surface area (TPSA) is 58.4 Å². The molecule has 2 unspecified atom stereocenters. The summed E-state index contributed by atoms with van der Waals surface area (Å²) in [6.45, 7) is 4.18. The highest BCUT2D eigenvalue weighted by Crippen LogP contribution is 2.31. The minimum atomic E-state index is -0.504. The van der Waals surface area contributed by atoms with Gasteiger partial charge in [0.05, 0.1) is 17.1 Å². The summed E-state index contributed by atoms with van der Waals surface area (Å²) < 4.78 is 1.70. The number of aliphatic hydroxyl groups excluding tert-OH is 1. The van der Waals surface area contributed by atoms with Gasteiger partial charge in [-0.3, -0.25) is 9.69 Å². The Kier molecular flexibility index (Phi) is 3.61. The van der Waals surface area contributed by atoms with E-state index in [9.17, 15) is 9.90 Å². The van der Waals surface area contributed by atoms with Crippen molar-refractivity contribution in [3.05, 3.63) is 53.0 Å². The van der Waals surface area contributed by atoms with Crippen molar-refractivity contribution >= 4 is 11.0 Å². The fourth-order valence-corrected chi connectivity index (χ4v) is 2.99. The zero-order chi connectivity index (χ0) is 15.0. The maximum Gasteiger partial charge on any atom is 0.274 e. The Labute approximate surface area is 123 Å². The van der Waals surface area contributed by atoms with Crippen LogP contribution in [0.5, 0.6) is 0 Å². The lowest BCUT2D eigenvalue weighted by atomic mass is 10.1. The number of benzene rings is 1. The standard InChI is InChI=1S/C16H19N3O2/c1-3-10-19-12-7-5-4-6-11(12)17-15(16(19)21)13-8-9-14(20)18(13)2/h3-7,13-14,20H,1,8-10H2,2H3. The third-order valence-corrected chi connectivity index (χ3v) is 4.17. The fourth-order valence-electron chi connectivity index (χ4n) is 2.99. The van der Waals surface area contributed by atoms with Gasteiger partial charge in [0.1, 0.15) is 11.9 Å². The molecule has 3 rings (SSSR count). The summed E-state index contributed by atoms with van der Waals surface area (Å²) in [4.78, 5) is 19.1. The molecule has 1 fully saturated rings. The first-order chi connectivity index (χ1) is 10.1. The van der Waals surface area contributed by atoms with Crippen molar-refractivity contribution in [2.75, 3.05) is 7.05 Å². The molecule has 2 heterocycles. The first-order valence-corrected chi connectivity index (χ1v) is 7.14. The van der Waals surface area contributed by atoms with Gasteiger partial charge in [0, 0.05) is 6.54 Å². The molecule has 0 spiro atoms. The van der Waals surface area contributed by atoms with Crippen LogP contribution >= 0.6 is 0 Å². The molecule has 21 heavy (non-hydrogen) atoms. The summed E-state index contributed by atoms with van der Waals surface area (Å²) in [5, 5.41) is 9.88.